The van der Waals surface area contributed by atoms with E-state index >= 15 is 0 Å². The molecule has 0 aliphatic carbocycles. The van der Waals surface area contributed by atoms with Crippen molar-refractivity contribution >= 4 is 44.2 Å². The van der Waals surface area contributed by atoms with Gasteiger partial charge < -0.3 is 4.57 Å². The van der Waals surface area contributed by atoms with Crippen molar-refractivity contribution in [3.63, 3.8) is 0 Å². The first-order valence-corrected chi connectivity index (χ1v) is 9.48. The Labute approximate surface area is 165 Å². The number of hydrogen-bond donors (Lipinski definition) is 0. The van der Waals surface area contributed by atoms with Crippen LogP contribution in [0.15, 0.2) is 49.1 Å². The molecule has 0 spiro atoms. The van der Waals surface area contributed by atoms with E-state index in [1.807, 2.05) is 31.2 Å². The molecule has 0 aliphatic heterocycles. The second-order valence-electron chi connectivity index (χ2n) is 6.15. The smallest absolute Gasteiger partial charge is 0.296 e. The molecule has 0 N–H and O–H groups in total. The summed E-state index contributed by atoms with van der Waals surface area (Å²) >= 11 is 7.75. The van der Waals surface area contributed by atoms with E-state index in [0.29, 0.717) is 22.5 Å². The fourth-order valence-corrected chi connectivity index (χ4v) is 4.11. The summed E-state index contributed by atoms with van der Waals surface area (Å²) in [5, 5.41) is 1.21. The van der Waals surface area contributed by atoms with Gasteiger partial charge in [-0.15, -0.1) is 0 Å². The number of halogens is 1. The van der Waals surface area contributed by atoms with E-state index in [1.54, 1.807) is 41.3 Å². The van der Waals surface area contributed by atoms with Crippen molar-refractivity contribution in [3.05, 3.63) is 71.0 Å². The van der Waals surface area contributed by atoms with E-state index in [4.69, 9.17) is 16.6 Å². The summed E-state index contributed by atoms with van der Waals surface area (Å²) in [7, 11) is 1.79. The zero-order valence-electron chi connectivity index (χ0n) is 14.8. The Kier molecular flexibility index (Phi) is 4.63. The van der Waals surface area contributed by atoms with Gasteiger partial charge in [-0.25, -0.2) is 9.97 Å². The van der Waals surface area contributed by atoms with Crippen LogP contribution in [0.1, 0.15) is 21.7 Å². The first-order chi connectivity index (χ1) is 13.0. The van der Waals surface area contributed by atoms with Crippen LogP contribution in [0, 0.1) is 6.92 Å². The molecule has 0 fully saturated rings. The number of fused-ring (bicyclic) bond motifs is 1. The molecule has 0 saturated heterocycles. The zero-order chi connectivity index (χ0) is 19.0. The molecule has 0 bridgehead atoms. The van der Waals surface area contributed by atoms with Crippen LogP contribution in [0.5, 0.6) is 0 Å². The largest absolute Gasteiger partial charge is 0.330 e. The molecular weight excluding hydrogens is 382 g/mol. The Morgan fingerprint density at radius 1 is 1.30 bits per heavy atom. The number of pyridine rings is 1. The van der Waals surface area contributed by atoms with Crippen LogP contribution in [0.4, 0.5) is 5.13 Å². The molecule has 136 valence electrons. The Bertz CT molecular complexity index is 1080. The quantitative estimate of drug-likeness (QED) is 0.516. The molecule has 3 heterocycles. The minimum Gasteiger partial charge on any atom is -0.330 e. The molecule has 3 aromatic heterocycles. The highest BCUT2D eigenvalue weighted by Crippen LogP contribution is 2.36. The second kappa shape index (κ2) is 7.09. The number of nitrogens with zero attached hydrogens (tertiary/aromatic N) is 5. The van der Waals surface area contributed by atoms with Crippen molar-refractivity contribution in [1.82, 2.24) is 19.5 Å². The number of carbonyl (C=O) groups excluding carboxylic acids is 1. The number of imidazole rings is 1. The third kappa shape index (κ3) is 3.31. The van der Waals surface area contributed by atoms with E-state index in [2.05, 4.69) is 9.97 Å². The van der Waals surface area contributed by atoms with Crippen LogP contribution in [-0.2, 0) is 13.6 Å². The fraction of sp³-hybridized carbons (Fsp3) is 0.158. The van der Waals surface area contributed by atoms with Gasteiger partial charge in [-0.3, -0.25) is 14.7 Å². The monoisotopic (exact) mass is 397 g/mol. The van der Waals surface area contributed by atoms with Gasteiger partial charge in [-0.05, 0) is 30.2 Å². The number of benzene rings is 1. The van der Waals surface area contributed by atoms with Crippen LogP contribution < -0.4 is 4.90 Å². The molecule has 8 heteroatoms. The SMILES string of the molecule is Cc1ccc(Cl)c2sc(N(Cc3cccnc3)C(=O)c3nccn3C)nc12. The minimum atomic E-state index is -0.223. The first kappa shape index (κ1) is 17.6. The number of amides is 1. The number of thiazole rings is 1. The summed E-state index contributed by atoms with van der Waals surface area (Å²) < 4.78 is 2.57. The van der Waals surface area contributed by atoms with Crippen LogP contribution >= 0.6 is 22.9 Å². The molecular formula is C19H16ClN5OS. The van der Waals surface area contributed by atoms with Gasteiger partial charge in [-0.1, -0.05) is 35.1 Å². The average molecular weight is 398 g/mol. The summed E-state index contributed by atoms with van der Waals surface area (Å²) in [5.74, 6) is 0.125. The maximum atomic E-state index is 13.2. The summed E-state index contributed by atoms with van der Waals surface area (Å²) in [6.45, 7) is 2.32. The van der Waals surface area contributed by atoms with E-state index in [1.165, 1.54) is 11.3 Å². The molecule has 4 aromatic rings. The minimum absolute atomic E-state index is 0.223. The maximum Gasteiger partial charge on any atom is 0.296 e. The average Bonchev–Trinajstić information content (AvgIpc) is 3.30. The number of anilines is 1. The standard InChI is InChI=1S/C19H16ClN5OS/c1-12-5-6-14(20)16-15(12)23-19(27-16)25(11-13-4-3-7-21-10-13)18(26)17-22-8-9-24(17)2/h3-10H,11H2,1-2H3. The van der Waals surface area contributed by atoms with Crippen molar-refractivity contribution in [2.75, 3.05) is 4.90 Å². The van der Waals surface area contributed by atoms with Crippen molar-refractivity contribution in [2.45, 2.75) is 13.5 Å². The van der Waals surface area contributed by atoms with Crippen molar-refractivity contribution < 1.29 is 4.79 Å². The molecule has 27 heavy (non-hydrogen) atoms. The second-order valence-corrected chi connectivity index (χ2v) is 7.54. The summed E-state index contributed by atoms with van der Waals surface area (Å²) in [4.78, 5) is 27.9. The summed E-state index contributed by atoms with van der Waals surface area (Å²) in [6, 6.07) is 7.56. The van der Waals surface area contributed by atoms with Gasteiger partial charge in [0.2, 0.25) is 0 Å². The number of aromatic nitrogens is 4. The molecule has 0 saturated carbocycles. The normalized spacial score (nSPS) is 11.1. The van der Waals surface area contributed by atoms with Crippen molar-refractivity contribution in [3.8, 4) is 0 Å². The zero-order valence-corrected chi connectivity index (χ0v) is 16.3. The van der Waals surface area contributed by atoms with Crippen molar-refractivity contribution in [2.24, 2.45) is 7.05 Å². The maximum absolute atomic E-state index is 13.2. The molecule has 0 atom stereocenters. The van der Waals surface area contributed by atoms with E-state index in [-0.39, 0.29) is 5.91 Å². The first-order valence-electron chi connectivity index (χ1n) is 8.28. The Morgan fingerprint density at radius 2 is 2.15 bits per heavy atom. The van der Waals surface area contributed by atoms with Gasteiger partial charge in [0.05, 0.1) is 21.8 Å². The third-order valence-electron chi connectivity index (χ3n) is 4.24. The Balaban J connectivity index is 1.82. The molecule has 1 aromatic carbocycles. The van der Waals surface area contributed by atoms with Crippen LogP contribution in [0.2, 0.25) is 5.02 Å². The van der Waals surface area contributed by atoms with Crippen LogP contribution in [-0.4, -0.2) is 25.4 Å². The number of rotatable bonds is 4. The fourth-order valence-electron chi connectivity index (χ4n) is 2.80. The van der Waals surface area contributed by atoms with Gasteiger partial charge in [0.15, 0.2) is 11.0 Å². The lowest BCUT2D eigenvalue weighted by Crippen LogP contribution is -2.32. The Morgan fingerprint density at radius 3 is 2.81 bits per heavy atom. The predicted octanol–water partition coefficient (Wildman–Crippen LogP) is 4.23. The van der Waals surface area contributed by atoms with E-state index in [0.717, 1.165) is 21.3 Å². The number of aryl methyl sites for hydroxylation is 2. The lowest BCUT2D eigenvalue weighted by Gasteiger charge is -2.19. The lowest BCUT2D eigenvalue weighted by molar-refractivity contribution is 0.0972. The highest BCUT2D eigenvalue weighted by atomic mass is 35.5. The lowest BCUT2D eigenvalue weighted by atomic mass is 10.2. The van der Waals surface area contributed by atoms with Gasteiger partial charge in [0.25, 0.3) is 5.91 Å². The molecule has 4 rings (SSSR count). The third-order valence-corrected chi connectivity index (χ3v) is 5.78. The van der Waals surface area contributed by atoms with E-state index < -0.39 is 0 Å². The van der Waals surface area contributed by atoms with Gasteiger partial charge in [-0.2, -0.15) is 0 Å². The highest BCUT2D eigenvalue weighted by molar-refractivity contribution is 7.23. The number of hydrogen-bond acceptors (Lipinski definition) is 5. The summed E-state index contributed by atoms with van der Waals surface area (Å²) in [5.41, 5.74) is 2.73. The van der Waals surface area contributed by atoms with Gasteiger partial charge in [0, 0.05) is 31.8 Å². The van der Waals surface area contributed by atoms with Gasteiger partial charge >= 0.3 is 0 Å². The number of carbonyl (C=O) groups is 1. The molecule has 6 nitrogen and oxygen atoms in total. The summed E-state index contributed by atoms with van der Waals surface area (Å²) in [6.07, 6.45) is 6.79. The Hall–Kier alpha value is -2.77. The molecule has 1 amide bonds. The topological polar surface area (TPSA) is 63.9 Å². The molecule has 0 aliphatic rings. The highest BCUT2D eigenvalue weighted by Gasteiger charge is 2.25. The molecule has 0 unspecified atom stereocenters. The molecule has 0 radical (unpaired) electrons. The van der Waals surface area contributed by atoms with Gasteiger partial charge in [0.1, 0.15) is 0 Å². The predicted molar refractivity (Wildman–Crippen MR) is 107 cm³/mol. The van der Waals surface area contributed by atoms with Crippen LogP contribution in [0.25, 0.3) is 10.2 Å². The van der Waals surface area contributed by atoms with Crippen molar-refractivity contribution in [1.29, 1.82) is 0 Å². The van der Waals surface area contributed by atoms with E-state index in [9.17, 15) is 4.79 Å². The van der Waals surface area contributed by atoms with Crippen LogP contribution in [0.3, 0.4) is 0 Å².